The lowest BCUT2D eigenvalue weighted by atomic mass is 9.49. The average Bonchev–Trinajstić information content (AvgIpc) is 2.62. The maximum Gasteiger partial charge on any atom is 0.416 e. The number of alkyl halides is 3. The fourth-order valence-corrected chi connectivity index (χ4v) is 6.21. The minimum Gasteiger partial charge on any atom is -0.459 e. The van der Waals surface area contributed by atoms with Crippen molar-refractivity contribution in [2.24, 2.45) is 23.2 Å². The van der Waals surface area contributed by atoms with Crippen molar-refractivity contribution in [3.05, 3.63) is 35.4 Å². The Morgan fingerprint density at radius 1 is 1.03 bits per heavy atom. The van der Waals surface area contributed by atoms with E-state index >= 15 is 0 Å². The molecule has 0 spiro atoms. The molecule has 4 bridgehead atoms. The average molecular weight is 409 g/mol. The first kappa shape index (κ1) is 20.2. The number of benzene rings is 1. The molecule has 158 valence electrons. The van der Waals surface area contributed by atoms with E-state index < -0.39 is 24.3 Å². The summed E-state index contributed by atoms with van der Waals surface area (Å²) in [6.07, 6.45) is 3.13. The Labute approximate surface area is 168 Å². The molecule has 29 heavy (non-hydrogen) atoms. The fraction of sp³-hybridized carbons (Fsp3) is 0.636. The normalized spacial score (nSPS) is 30.2. The van der Waals surface area contributed by atoms with Gasteiger partial charge in [-0.3, -0.25) is 9.59 Å². The van der Waals surface area contributed by atoms with Crippen LogP contribution in [0.4, 0.5) is 13.2 Å². The number of carbonyl (C=O) groups excluding carboxylic acids is 2. The van der Waals surface area contributed by atoms with Crippen LogP contribution >= 0.6 is 0 Å². The molecule has 4 aliphatic carbocycles. The van der Waals surface area contributed by atoms with E-state index in [9.17, 15) is 22.8 Å². The second kappa shape index (κ2) is 7.65. The van der Waals surface area contributed by atoms with Gasteiger partial charge in [-0.05, 0) is 67.8 Å². The van der Waals surface area contributed by atoms with Gasteiger partial charge in [-0.15, -0.1) is 0 Å². The Bertz CT molecular complexity index is 754. The molecule has 0 aromatic heterocycles. The Kier molecular flexibility index (Phi) is 5.34. The molecule has 4 fully saturated rings. The van der Waals surface area contributed by atoms with E-state index in [1.54, 1.807) is 0 Å². The van der Waals surface area contributed by atoms with Gasteiger partial charge in [0.05, 0.1) is 5.56 Å². The molecule has 4 saturated carbocycles. The van der Waals surface area contributed by atoms with Crippen LogP contribution in [0.25, 0.3) is 0 Å². The van der Waals surface area contributed by atoms with Crippen LogP contribution in [0.5, 0.6) is 0 Å². The summed E-state index contributed by atoms with van der Waals surface area (Å²) in [7, 11) is 0. The number of amides is 1. The summed E-state index contributed by atoms with van der Waals surface area (Å²) in [5.41, 5.74) is -0.846. The van der Waals surface area contributed by atoms with Crippen LogP contribution in [0, 0.1) is 23.2 Å². The van der Waals surface area contributed by atoms with Crippen LogP contribution in [0.1, 0.15) is 56.1 Å². The van der Waals surface area contributed by atoms with Crippen LogP contribution in [0.15, 0.2) is 24.3 Å². The lowest BCUT2D eigenvalue weighted by Crippen LogP contribution is -2.48. The summed E-state index contributed by atoms with van der Waals surface area (Å²) in [4.78, 5) is 24.4. The van der Waals surface area contributed by atoms with E-state index in [-0.39, 0.29) is 23.4 Å². The van der Waals surface area contributed by atoms with Gasteiger partial charge in [0.1, 0.15) is 13.2 Å². The van der Waals surface area contributed by atoms with E-state index in [1.165, 1.54) is 37.5 Å². The summed E-state index contributed by atoms with van der Waals surface area (Å²) < 4.78 is 43.9. The maximum absolute atomic E-state index is 13.0. The third-order valence-corrected chi connectivity index (χ3v) is 6.84. The van der Waals surface area contributed by atoms with E-state index in [1.807, 2.05) is 0 Å². The van der Waals surface area contributed by atoms with Crippen molar-refractivity contribution >= 4 is 11.9 Å². The molecule has 0 atom stereocenters. The molecular weight excluding hydrogens is 383 g/mol. The topological polar surface area (TPSA) is 55.4 Å². The first-order valence-electron chi connectivity index (χ1n) is 10.3. The second-order valence-electron chi connectivity index (χ2n) is 9.19. The van der Waals surface area contributed by atoms with Crippen molar-refractivity contribution in [3.63, 3.8) is 0 Å². The molecule has 7 heteroatoms. The quantitative estimate of drug-likeness (QED) is 0.706. The molecule has 0 radical (unpaired) electrons. The smallest absolute Gasteiger partial charge is 0.416 e. The Hall–Kier alpha value is -2.05. The fourth-order valence-electron chi connectivity index (χ4n) is 6.21. The summed E-state index contributed by atoms with van der Waals surface area (Å²) in [5, 5.41) is 2.60. The van der Waals surface area contributed by atoms with Crippen molar-refractivity contribution in [1.29, 1.82) is 0 Å². The minimum atomic E-state index is -4.50. The highest BCUT2D eigenvalue weighted by molar-refractivity contribution is 5.82. The van der Waals surface area contributed by atoms with Gasteiger partial charge in [-0.2, -0.15) is 13.2 Å². The highest BCUT2D eigenvalue weighted by atomic mass is 19.4. The number of esters is 1. The van der Waals surface area contributed by atoms with Crippen LogP contribution in [-0.4, -0.2) is 18.4 Å². The standard InChI is InChI=1S/C22H26F3NO3/c23-22(24,25)18-4-2-1-3-17(18)13-29-20(28)12-26-19(27)11-21-8-14-5-15(9-21)7-16(6-14)10-21/h1-4,14-16H,5-13H2,(H,26,27). The van der Waals surface area contributed by atoms with Crippen LogP contribution < -0.4 is 5.32 Å². The summed E-state index contributed by atoms with van der Waals surface area (Å²) in [6, 6.07) is 4.99. The molecule has 1 N–H and O–H groups in total. The Morgan fingerprint density at radius 2 is 1.62 bits per heavy atom. The third kappa shape index (κ3) is 4.59. The lowest BCUT2D eigenvalue weighted by Gasteiger charge is -2.56. The van der Waals surface area contributed by atoms with E-state index in [4.69, 9.17) is 4.74 Å². The van der Waals surface area contributed by atoms with E-state index in [2.05, 4.69) is 5.32 Å². The number of carbonyl (C=O) groups is 2. The maximum atomic E-state index is 13.0. The van der Waals surface area contributed by atoms with Crippen molar-refractivity contribution < 1.29 is 27.5 Å². The Morgan fingerprint density at radius 3 is 2.21 bits per heavy atom. The highest BCUT2D eigenvalue weighted by Crippen LogP contribution is 2.61. The van der Waals surface area contributed by atoms with Gasteiger partial charge >= 0.3 is 12.1 Å². The van der Waals surface area contributed by atoms with E-state index in [0.29, 0.717) is 6.42 Å². The van der Waals surface area contributed by atoms with E-state index in [0.717, 1.165) is 43.1 Å². The lowest BCUT2D eigenvalue weighted by molar-refractivity contribution is -0.148. The number of rotatable bonds is 6. The van der Waals surface area contributed by atoms with Gasteiger partial charge in [0.2, 0.25) is 5.91 Å². The number of halogens is 3. The monoisotopic (exact) mass is 409 g/mol. The highest BCUT2D eigenvalue weighted by Gasteiger charge is 2.51. The predicted octanol–water partition coefficient (Wildman–Crippen LogP) is 4.47. The van der Waals surface area contributed by atoms with Crippen LogP contribution in [0.2, 0.25) is 0 Å². The number of ether oxygens (including phenoxy) is 1. The molecule has 1 aromatic rings. The van der Waals surface area contributed by atoms with Gasteiger partial charge < -0.3 is 10.1 Å². The molecule has 4 nitrogen and oxygen atoms in total. The first-order valence-corrected chi connectivity index (χ1v) is 10.3. The molecule has 1 aromatic carbocycles. The Balaban J connectivity index is 1.25. The van der Waals surface area contributed by atoms with Gasteiger partial charge in [0.15, 0.2) is 0 Å². The van der Waals surface area contributed by atoms with Crippen molar-refractivity contribution in [3.8, 4) is 0 Å². The van der Waals surface area contributed by atoms with Crippen molar-refractivity contribution in [1.82, 2.24) is 5.32 Å². The summed E-state index contributed by atoms with van der Waals surface area (Å²) in [5.74, 6) is 1.33. The number of hydrogen-bond acceptors (Lipinski definition) is 3. The molecule has 1 amide bonds. The first-order chi connectivity index (χ1) is 13.7. The molecule has 0 aliphatic heterocycles. The van der Waals surface area contributed by atoms with Crippen molar-refractivity contribution in [2.45, 2.75) is 57.7 Å². The van der Waals surface area contributed by atoms with Gasteiger partial charge in [0, 0.05) is 12.0 Å². The van der Waals surface area contributed by atoms with Gasteiger partial charge in [0.25, 0.3) is 0 Å². The molecule has 0 saturated heterocycles. The van der Waals surface area contributed by atoms with Gasteiger partial charge in [-0.1, -0.05) is 18.2 Å². The summed E-state index contributed by atoms with van der Waals surface area (Å²) >= 11 is 0. The predicted molar refractivity (Wildman–Crippen MR) is 99.5 cm³/mol. The molecule has 4 aliphatic rings. The van der Waals surface area contributed by atoms with Gasteiger partial charge in [-0.25, -0.2) is 0 Å². The number of nitrogens with one attached hydrogen (secondary N) is 1. The minimum absolute atomic E-state index is 0.0778. The number of hydrogen-bond donors (Lipinski definition) is 1. The molecule has 0 unspecified atom stereocenters. The largest absolute Gasteiger partial charge is 0.459 e. The van der Waals surface area contributed by atoms with Crippen LogP contribution in [0.3, 0.4) is 0 Å². The van der Waals surface area contributed by atoms with Crippen LogP contribution in [-0.2, 0) is 27.1 Å². The zero-order valence-electron chi connectivity index (χ0n) is 16.3. The summed E-state index contributed by atoms with van der Waals surface area (Å²) in [6.45, 7) is -0.793. The zero-order valence-corrected chi connectivity index (χ0v) is 16.3. The second-order valence-corrected chi connectivity index (χ2v) is 9.19. The third-order valence-electron chi connectivity index (χ3n) is 6.84. The SMILES string of the molecule is O=C(CC12CC3CC(CC(C3)C1)C2)NCC(=O)OCc1ccccc1C(F)(F)F. The molecular formula is C22H26F3NO3. The molecule has 0 heterocycles. The zero-order chi connectivity index (χ0) is 20.6. The van der Waals surface area contributed by atoms with Crippen molar-refractivity contribution in [2.75, 3.05) is 6.54 Å². The molecule has 5 rings (SSSR count).